The summed E-state index contributed by atoms with van der Waals surface area (Å²) in [6.07, 6.45) is 0.703. The Bertz CT molecular complexity index is 988. The fourth-order valence-electron chi connectivity index (χ4n) is 2.56. The number of esters is 1. The first kappa shape index (κ1) is 20.7. The third-order valence-electron chi connectivity index (χ3n) is 4.11. The van der Waals surface area contributed by atoms with E-state index < -0.39 is 24.3 Å². The van der Waals surface area contributed by atoms with Crippen molar-refractivity contribution in [1.29, 1.82) is 0 Å². The molecule has 0 saturated carbocycles. The Morgan fingerprint density at radius 1 is 1.28 bits per heavy atom. The molecule has 1 aromatic carbocycles. The number of ether oxygens (including phenoxy) is 1. The van der Waals surface area contributed by atoms with Crippen molar-refractivity contribution in [3.63, 3.8) is 0 Å². The molecule has 0 spiro atoms. The maximum Gasteiger partial charge on any atom is 0.338 e. The van der Waals surface area contributed by atoms with E-state index in [9.17, 15) is 14.0 Å². The Balaban J connectivity index is 1.60. The van der Waals surface area contributed by atoms with Crippen molar-refractivity contribution in [2.75, 3.05) is 13.2 Å². The highest BCUT2D eigenvalue weighted by Crippen LogP contribution is 2.23. The van der Waals surface area contributed by atoms with E-state index >= 15 is 0 Å². The molecule has 1 amide bonds. The van der Waals surface area contributed by atoms with E-state index in [4.69, 9.17) is 9.15 Å². The Hall–Kier alpha value is -3.07. The van der Waals surface area contributed by atoms with Crippen LogP contribution >= 0.6 is 11.3 Å². The van der Waals surface area contributed by atoms with Gasteiger partial charge in [-0.05, 0) is 42.5 Å². The number of benzene rings is 1. The maximum absolute atomic E-state index is 13.6. The van der Waals surface area contributed by atoms with Gasteiger partial charge in [-0.1, -0.05) is 19.1 Å². The van der Waals surface area contributed by atoms with Crippen LogP contribution in [0.1, 0.15) is 35.2 Å². The predicted molar refractivity (Wildman–Crippen MR) is 105 cm³/mol. The molecule has 0 bridgehead atoms. The lowest BCUT2D eigenvalue weighted by Crippen LogP contribution is -2.35. The minimum atomic E-state index is -0.758. The van der Waals surface area contributed by atoms with Gasteiger partial charge in [-0.3, -0.25) is 4.79 Å². The van der Waals surface area contributed by atoms with Crippen LogP contribution in [-0.2, 0) is 16.1 Å². The summed E-state index contributed by atoms with van der Waals surface area (Å²) in [6, 6.07) is 7.78. The van der Waals surface area contributed by atoms with Crippen molar-refractivity contribution in [2.24, 2.45) is 0 Å². The smallest absolute Gasteiger partial charge is 0.338 e. The standard InChI is InChI=1S/C20H20FN3O4S/c1-3-8-24(11-17-22-23-19(28-17)16-5-4-9-29-16)18(25)12-27-20(26)14-7-6-13(2)15(21)10-14/h4-7,9-10H,3,8,11-12H2,1-2H3. The number of aromatic nitrogens is 2. The Labute approximate surface area is 171 Å². The molecule has 2 aromatic heterocycles. The van der Waals surface area contributed by atoms with Crippen molar-refractivity contribution >= 4 is 23.2 Å². The molecule has 0 unspecified atom stereocenters. The lowest BCUT2D eigenvalue weighted by molar-refractivity contribution is -0.135. The summed E-state index contributed by atoms with van der Waals surface area (Å²) >= 11 is 1.47. The monoisotopic (exact) mass is 417 g/mol. The Kier molecular flexibility index (Phi) is 6.71. The molecule has 0 aliphatic heterocycles. The molecule has 0 aliphatic carbocycles. The van der Waals surface area contributed by atoms with Gasteiger partial charge in [0.15, 0.2) is 6.61 Å². The van der Waals surface area contributed by atoms with Crippen LogP contribution in [0.25, 0.3) is 10.8 Å². The molecule has 0 N–H and O–H groups in total. The second-order valence-electron chi connectivity index (χ2n) is 6.33. The van der Waals surface area contributed by atoms with Gasteiger partial charge in [-0.15, -0.1) is 21.5 Å². The number of carbonyl (C=O) groups excluding carboxylic acids is 2. The largest absolute Gasteiger partial charge is 0.452 e. The minimum absolute atomic E-state index is 0.0560. The number of hydrogen-bond donors (Lipinski definition) is 0. The summed E-state index contributed by atoms with van der Waals surface area (Å²) < 4.78 is 24.3. The molecule has 9 heteroatoms. The van der Waals surface area contributed by atoms with E-state index in [1.165, 1.54) is 28.4 Å². The minimum Gasteiger partial charge on any atom is -0.452 e. The van der Waals surface area contributed by atoms with Gasteiger partial charge in [0, 0.05) is 6.54 Å². The molecule has 3 rings (SSSR count). The summed E-state index contributed by atoms with van der Waals surface area (Å²) in [5.74, 6) is -0.972. The highest BCUT2D eigenvalue weighted by molar-refractivity contribution is 7.13. The molecule has 29 heavy (non-hydrogen) atoms. The Morgan fingerprint density at radius 3 is 2.79 bits per heavy atom. The molecule has 3 aromatic rings. The van der Waals surface area contributed by atoms with Crippen LogP contribution in [0.3, 0.4) is 0 Å². The SMILES string of the molecule is CCCN(Cc1nnc(-c2cccs2)o1)C(=O)COC(=O)c1ccc(C)c(F)c1. The van der Waals surface area contributed by atoms with E-state index in [0.717, 1.165) is 10.9 Å². The van der Waals surface area contributed by atoms with Gasteiger partial charge in [0.2, 0.25) is 5.89 Å². The number of carbonyl (C=O) groups is 2. The van der Waals surface area contributed by atoms with Crippen LogP contribution in [-0.4, -0.2) is 40.1 Å². The summed E-state index contributed by atoms with van der Waals surface area (Å²) in [5.41, 5.74) is 0.480. The number of hydrogen-bond acceptors (Lipinski definition) is 7. The third kappa shape index (κ3) is 5.26. The average Bonchev–Trinajstić information content (AvgIpc) is 3.39. The molecule has 0 atom stereocenters. The normalized spacial score (nSPS) is 10.7. The van der Waals surface area contributed by atoms with Crippen LogP contribution in [0.2, 0.25) is 0 Å². The van der Waals surface area contributed by atoms with Crippen LogP contribution < -0.4 is 0 Å². The van der Waals surface area contributed by atoms with Gasteiger partial charge in [-0.2, -0.15) is 0 Å². The summed E-state index contributed by atoms with van der Waals surface area (Å²) in [5, 5.41) is 9.88. The lowest BCUT2D eigenvalue weighted by atomic mass is 10.1. The topological polar surface area (TPSA) is 85.5 Å². The number of amides is 1. The van der Waals surface area contributed by atoms with E-state index in [-0.39, 0.29) is 12.1 Å². The van der Waals surface area contributed by atoms with Crippen molar-refractivity contribution in [3.05, 3.63) is 58.5 Å². The van der Waals surface area contributed by atoms with Crippen molar-refractivity contribution < 1.29 is 23.1 Å². The lowest BCUT2D eigenvalue weighted by Gasteiger charge is -2.20. The third-order valence-corrected chi connectivity index (χ3v) is 4.96. The van der Waals surface area contributed by atoms with Gasteiger partial charge >= 0.3 is 5.97 Å². The number of nitrogens with zero attached hydrogens (tertiary/aromatic N) is 3. The predicted octanol–water partition coefficient (Wildman–Crippen LogP) is 3.84. The van der Waals surface area contributed by atoms with Crippen LogP contribution in [0.5, 0.6) is 0 Å². The van der Waals surface area contributed by atoms with Gasteiger partial charge in [0.1, 0.15) is 5.82 Å². The van der Waals surface area contributed by atoms with Crippen molar-refractivity contribution in [2.45, 2.75) is 26.8 Å². The molecule has 0 fully saturated rings. The summed E-state index contributed by atoms with van der Waals surface area (Å²) in [4.78, 5) is 26.9. The van der Waals surface area contributed by atoms with E-state index in [0.29, 0.717) is 30.3 Å². The zero-order valence-corrected chi connectivity index (χ0v) is 16.9. The van der Waals surface area contributed by atoms with E-state index in [1.807, 2.05) is 24.4 Å². The first-order chi connectivity index (χ1) is 14.0. The molecule has 7 nitrogen and oxygen atoms in total. The zero-order chi connectivity index (χ0) is 20.8. The number of rotatable bonds is 8. The molecule has 2 heterocycles. The van der Waals surface area contributed by atoms with Crippen molar-refractivity contribution in [3.8, 4) is 10.8 Å². The van der Waals surface area contributed by atoms with Gasteiger partial charge in [0.05, 0.1) is 17.0 Å². The van der Waals surface area contributed by atoms with Crippen LogP contribution in [0.4, 0.5) is 4.39 Å². The van der Waals surface area contributed by atoms with E-state index in [2.05, 4.69) is 10.2 Å². The fraction of sp³-hybridized carbons (Fsp3) is 0.300. The highest BCUT2D eigenvalue weighted by Gasteiger charge is 2.20. The van der Waals surface area contributed by atoms with Crippen molar-refractivity contribution in [1.82, 2.24) is 15.1 Å². The quantitative estimate of drug-likeness (QED) is 0.518. The fourth-order valence-corrected chi connectivity index (χ4v) is 3.21. The molecule has 0 aliphatic rings. The van der Waals surface area contributed by atoms with Gasteiger partial charge in [-0.25, -0.2) is 9.18 Å². The summed E-state index contributed by atoms with van der Waals surface area (Å²) in [6.45, 7) is 3.61. The molecule has 152 valence electrons. The van der Waals surface area contributed by atoms with Gasteiger partial charge < -0.3 is 14.1 Å². The molecular formula is C20H20FN3O4S. The molecule has 0 radical (unpaired) electrons. The zero-order valence-electron chi connectivity index (χ0n) is 16.1. The number of aryl methyl sites for hydroxylation is 1. The second kappa shape index (κ2) is 9.42. The maximum atomic E-state index is 13.6. The first-order valence-electron chi connectivity index (χ1n) is 9.05. The molecular weight excluding hydrogens is 397 g/mol. The molecule has 0 saturated heterocycles. The van der Waals surface area contributed by atoms with Crippen LogP contribution in [0, 0.1) is 12.7 Å². The number of thiophene rings is 1. The first-order valence-corrected chi connectivity index (χ1v) is 9.93. The Morgan fingerprint density at radius 2 is 2.10 bits per heavy atom. The average molecular weight is 417 g/mol. The highest BCUT2D eigenvalue weighted by atomic mass is 32.1. The van der Waals surface area contributed by atoms with Crippen LogP contribution in [0.15, 0.2) is 40.1 Å². The van der Waals surface area contributed by atoms with E-state index in [1.54, 1.807) is 6.92 Å². The second-order valence-corrected chi connectivity index (χ2v) is 7.28. The van der Waals surface area contributed by atoms with Gasteiger partial charge in [0.25, 0.3) is 11.8 Å². The summed E-state index contributed by atoms with van der Waals surface area (Å²) in [7, 11) is 0. The number of halogens is 1.